The van der Waals surface area contributed by atoms with Gasteiger partial charge in [-0.2, -0.15) is 4.37 Å². The van der Waals surface area contributed by atoms with Crippen molar-refractivity contribution in [3.05, 3.63) is 5.82 Å². The van der Waals surface area contributed by atoms with Crippen molar-refractivity contribution in [1.29, 1.82) is 0 Å². The Balaban J connectivity index is 1.84. The van der Waals surface area contributed by atoms with Crippen LogP contribution in [-0.4, -0.2) is 37.1 Å². The quantitative estimate of drug-likeness (QED) is 0.849. The molecule has 0 radical (unpaired) electrons. The van der Waals surface area contributed by atoms with Gasteiger partial charge in [0.15, 0.2) is 0 Å². The zero-order chi connectivity index (χ0) is 14.6. The number of aromatic nitrogens is 2. The zero-order valence-corrected chi connectivity index (χ0v) is 14.3. The molecule has 0 aliphatic carbocycles. The lowest BCUT2D eigenvalue weighted by atomic mass is 10.0. The lowest BCUT2D eigenvalue weighted by molar-refractivity contribution is -0.120. The van der Waals surface area contributed by atoms with Gasteiger partial charge in [-0.1, -0.05) is 25.2 Å². The van der Waals surface area contributed by atoms with E-state index in [1.54, 1.807) is 7.11 Å². The first-order valence-corrected chi connectivity index (χ1v) is 11.3. The number of anilines is 1. The first-order chi connectivity index (χ1) is 9.50. The number of carbonyl (C=O) groups is 1. The summed E-state index contributed by atoms with van der Waals surface area (Å²) in [6.45, 7) is 5.42. The Kier molecular flexibility index (Phi) is 5.28. The minimum atomic E-state index is -1.00. The number of ether oxygens (including phenoxy) is 1. The number of nitrogens with zero attached hydrogens (tertiary/aromatic N) is 2. The first-order valence-electron chi connectivity index (χ1n) is 7.12. The topological polar surface area (TPSA) is 64.1 Å². The van der Waals surface area contributed by atoms with Crippen molar-refractivity contribution in [2.45, 2.75) is 44.4 Å². The molecule has 1 aromatic heterocycles. The van der Waals surface area contributed by atoms with E-state index in [-0.39, 0.29) is 11.8 Å². The lowest BCUT2D eigenvalue weighted by Crippen LogP contribution is -2.35. The molecule has 0 unspecified atom stereocenters. The van der Waals surface area contributed by atoms with Crippen LogP contribution in [0.25, 0.3) is 0 Å². The number of rotatable bonds is 5. The SMILES string of the molecule is COCCc1nsc(NC(=O)C2CC[Si](C)(C)CC2)n1. The number of hydrogen-bond donors (Lipinski definition) is 1. The largest absolute Gasteiger partial charge is 0.384 e. The van der Waals surface area contributed by atoms with E-state index in [4.69, 9.17) is 4.74 Å². The van der Waals surface area contributed by atoms with Crippen LogP contribution >= 0.6 is 11.5 Å². The summed E-state index contributed by atoms with van der Waals surface area (Å²) in [4.78, 5) is 16.5. The molecule has 1 aromatic rings. The molecule has 1 saturated heterocycles. The van der Waals surface area contributed by atoms with Gasteiger partial charge in [-0.05, 0) is 12.8 Å². The average Bonchev–Trinajstić information content (AvgIpc) is 2.83. The van der Waals surface area contributed by atoms with Gasteiger partial charge >= 0.3 is 0 Å². The highest BCUT2D eigenvalue weighted by molar-refractivity contribution is 7.09. The maximum atomic E-state index is 12.2. The molecule has 0 saturated carbocycles. The van der Waals surface area contributed by atoms with Gasteiger partial charge in [-0.3, -0.25) is 4.79 Å². The number of carbonyl (C=O) groups excluding carboxylic acids is 1. The molecule has 0 atom stereocenters. The fraction of sp³-hybridized carbons (Fsp3) is 0.769. The standard InChI is InChI=1S/C13H23N3O2SSi/c1-18-7-4-11-14-13(19-16-11)15-12(17)10-5-8-20(2,3)9-6-10/h10H,4-9H2,1-3H3,(H,14,15,16,17). The third kappa shape index (κ3) is 4.36. The van der Waals surface area contributed by atoms with Gasteiger partial charge in [0.2, 0.25) is 11.0 Å². The van der Waals surface area contributed by atoms with Crippen LogP contribution < -0.4 is 5.32 Å². The molecule has 0 bridgehead atoms. The van der Waals surface area contributed by atoms with Crippen molar-refractivity contribution in [3.8, 4) is 0 Å². The predicted octanol–water partition coefficient (Wildman–Crippen LogP) is 2.78. The van der Waals surface area contributed by atoms with Crippen LogP contribution in [0.1, 0.15) is 18.7 Å². The van der Waals surface area contributed by atoms with Crippen molar-refractivity contribution in [1.82, 2.24) is 9.36 Å². The van der Waals surface area contributed by atoms with Gasteiger partial charge < -0.3 is 10.1 Å². The summed E-state index contributed by atoms with van der Waals surface area (Å²) in [5.41, 5.74) is 0. The van der Waals surface area contributed by atoms with E-state index in [1.807, 2.05) is 0 Å². The molecular formula is C13H23N3O2SSi. The van der Waals surface area contributed by atoms with E-state index in [2.05, 4.69) is 27.8 Å². The predicted molar refractivity (Wildman–Crippen MR) is 83.9 cm³/mol. The summed E-state index contributed by atoms with van der Waals surface area (Å²) in [6.07, 6.45) is 2.74. The second-order valence-corrected chi connectivity index (χ2v) is 12.3. The van der Waals surface area contributed by atoms with Crippen molar-refractivity contribution in [3.63, 3.8) is 0 Å². The summed E-state index contributed by atoms with van der Waals surface area (Å²) >= 11 is 1.25. The van der Waals surface area contributed by atoms with Gasteiger partial charge in [0.1, 0.15) is 5.82 Å². The molecule has 7 heteroatoms. The summed E-state index contributed by atoms with van der Waals surface area (Å²) in [7, 11) is 0.655. The van der Waals surface area contributed by atoms with E-state index >= 15 is 0 Å². The molecule has 0 spiro atoms. The molecule has 1 aliphatic rings. The Labute approximate surface area is 125 Å². The van der Waals surface area contributed by atoms with E-state index < -0.39 is 8.07 Å². The molecule has 1 amide bonds. The smallest absolute Gasteiger partial charge is 0.229 e. The Bertz CT molecular complexity index is 454. The van der Waals surface area contributed by atoms with Crippen LogP contribution in [0, 0.1) is 5.92 Å². The van der Waals surface area contributed by atoms with E-state index in [1.165, 1.54) is 23.6 Å². The van der Waals surface area contributed by atoms with Gasteiger partial charge in [0, 0.05) is 39.1 Å². The molecule has 1 N–H and O–H groups in total. The molecule has 0 aromatic carbocycles. The second-order valence-electron chi connectivity index (χ2n) is 6.19. The number of nitrogens with one attached hydrogen (secondary N) is 1. The van der Waals surface area contributed by atoms with Crippen LogP contribution in [0.5, 0.6) is 0 Å². The van der Waals surface area contributed by atoms with Crippen molar-refractivity contribution in [2.24, 2.45) is 5.92 Å². The van der Waals surface area contributed by atoms with Gasteiger partial charge in [-0.25, -0.2) is 4.98 Å². The fourth-order valence-corrected chi connectivity index (χ4v) is 5.59. The Morgan fingerprint density at radius 3 is 2.80 bits per heavy atom. The maximum Gasteiger partial charge on any atom is 0.229 e. The van der Waals surface area contributed by atoms with Gasteiger partial charge in [-0.15, -0.1) is 0 Å². The zero-order valence-electron chi connectivity index (χ0n) is 12.4. The van der Waals surface area contributed by atoms with Crippen LogP contribution in [0.4, 0.5) is 5.13 Å². The lowest BCUT2D eigenvalue weighted by Gasteiger charge is -2.31. The highest BCUT2D eigenvalue weighted by Crippen LogP contribution is 2.32. The monoisotopic (exact) mass is 313 g/mol. The normalized spacial score (nSPS) is 18.9. The van der Waals surface area contributed by atoms with Crippen molar-refractivity contribution < 1.29 is 9.53 Å². The van der Waals surface area contributed by atoms with Crippen LogP contribution in [0.15, 0.2) is 0 Å². The first kappa shape index (κ1) is 15.6. The molecule has 2 heterocycles. The molecule has 1 aliphatic heterocycles. The van der Waals surface area contributed by atoms with Crippen LogP contribution in [-0.2, 0) is 16.0 Å². The van der Waals surface area contributed by atoms with Crippen LogP contribution in [0.2, 0.25) is 25.2 Å². The van der Waals surface area contributed by atoms with Gasteiger partial charge in [0.25, 0.3) is 0 Å². The Hall–Kier alpha value is -0.793. The Morgan fingerprint density at radius 2 is 2.15 bits per heavy atom. The molecule has 5 nitrogen and oxygen atoms in total. The number of hydrogen-bond acceptors (Lipinski definition) is 5. The van der Waals surface area contributed by atoms with Crippen LogP contribution in [0.3, 0.4) is 0 Å². The molecular weight excluding hydrogens is 290 g/mol. The number of methoxy groups -OCH3 is 1. The number of amides is 1. The summed E-state index contributed by atoms with van der Waals surface area (Å²) < 4.78 is 9.21. The van der Waals surface area contributed by atoms with E-state index in [9.17, 15) is 4.79 Å². The molecule has 112 valence electrons. The molecule has 2 rings (SSSR count). The van der Waals surface area contributed by atoms with Crippen molar-refractivity contribution >= 4 is 30.6 Å². The van der Waals surface area contributed by atoms with Crippen molar-refractivity contribution in [2.75, 3.05) is 19.0 Å². The van der Waals surface area contributed by atoms with E-state index in [0.717, 1.165) is 18.7 Å². The third-order valence-corrected chi connectivity index (χ3v) is 7.89. The molecule has 20 heavy (non-hydrogen) atoms. The minimum Gasteiger partial charge on any atom is -0.384 e. The summed E-state index contributed by atoms with van der Waals surface area (Å²) in [5.74, 6) is 1.01. The highest BCUT2D eigenvalue weighted by atomic mass is 32.1. The summed E-state index contributed by atoms with van der Waals surface area (Å²) in [5, 5.41) is 3.53. The Morgan fingerprint density at radius 1 is 1.45 bits per heavy atom. The second kappa shape index (κ2) is 6.78. The maximum absolute atomic E-state index is 12.2. The van der Waals surface area contributed by atoms with Gasteiger partial charge in [0.05, 0.1) is 6.61 Å². The summed E-state index contributed by atoms with van der Waals surface area (Å²) in [6, 6.07) is 2.50. The average molecular weight is 313 g/mol. The minimum absolute atomic E-state index is 0.115. The van der Waals surface area contributed by atoms with E-state index in [0.29, 0.717) is 18.2 Å². The fourth-order valence-electron chi connectivity index (χ4n) is 2.47. The highest BCUT2D eigenvalue weighted by Gasteiger charge is 2.32. The molecule has 1 fully saturated rings. The third-order valence-electron chi connectivity index (χ3n) is 3.94.